The predicted octanol–water partition coefficient (Wildman–Crippen LogP) is 2.57. The molecule has 0 aliphatic heterocycles. The van der Waals surface area contributed by atoms with E-state index in [4.69, 9.17) is 0 Å². The van der Waals surface area contributed by atoms with Gasteiger partial charge in [-0.05, 0) is 26.2 Å². The highest BCUT2D eigenvalue weighted by atomic mass is 16.2. The van der Waals surface area contributed by atoms with Crippen LogP contribution in [0.1, 0.15) is 71.6 Å². The number of hydrogen-bond donors (Lipinski definition) is 3. The van der Waals surface area contributed by atoms with Gasteiger partial charge in [0.25, 0.3) is 0 Å². The second-order valence-electron chi connectivity index (χ2n) is 6.09. The summed E-state index contributed by atoms with van der Waals surface area (Å²) in [4.78, 5) is 16.0. The number of carbonyl (C=O) groups excluding carboxylic acids is 1. The van der Waals surface area contributed by atoms with Crippen molar-refractivity contribution in [2.24, 2.45) is 4.99 Å². The Balaban J connectivity index is 2.07. The Morgan fingerprint density at radius 3 is 2.32 bits per heavy atom. The Morgan fingerprint density at radius 2 is 1.68 bits per heavy atom. The van der Waals surface area contributed by atoms with Gasteiger partial charge in [-0.15, -0.1) is 0 Å². The van der Waals surface area contributed by atoms with Gasteiger partial charge in [0.1, 0.15) is 6.54 Å². The van der Waals surface area contributed by atoms with Crippen LogP contribution in [-0.2, 0) is 4.79 Å². The fourth-order valence-electron chi connectivity index (χ4n) is 2.28. The third-order valence-electron chi connectivity index (χ3n) is 3.74. The molecule has 0 atom stereocenters. The predicted molar refractivity (Wildman–Crippen MR) is 93.1 cm³/mol. The van der Waals surface area contributed by atoms with E-state index in [1.54, 1.807) is 0 Å². The number of hydrogen-bond acceptors (Lipinski definition) is 2. The molecular formula is C17H34N4O. The smallest absolute Gasteiger partial charge is 0.242 e. The molecule has 128 valence electrons. The van der Waals surface area contributed by atoms with Crippen molar-refractivity contribution < 1.29 is 4.79 Å². The minimum absolute atomic E-state index is 0.0237. The first kappa shape index (κ1) is 18.8. The van der Waals surface area contributed by atoms with Gasteiger partial charge in [-0.25, -0.2) is 4.99 Å². The molecular weight excluding hydrogens is 276 g/mol. The Labute approximate surface area is 135 Å². The standard InChI is InChI=1S/C17H34N4O/c1-3-5-6-7-8-9-10-13-19-17(18-4-2)20-14-16(22)21-15-11-12-15/h15H,3-14H2,1-2H3,(H,21,22)(H2,18,19,20). The third-order valence-corrected chi connectivity index (χ3v) is 3.74. The zero-order chi connectivity index (χ0) is 16.0. The van der Waals surface area contributed by atoms with Gasteiger partial charge in [-0.3, -0.25) is 4.79 Å². The summed E-state index contributed by atoms with van der Waals surface area (Å²) in [5.41, 5.74) is 0. The monoisotopic (exact) mass is 310 g/mol. The van der Waals surface area contributed by atoms with Gasteiger partial charge in [-0.1, -0.05) is 45.4 Å². The van der Waals surface area contributed by atoms with Crippen molar-refractivity contribution in [1.29, 1.82) is 0 Å². The van der Waals surface area contributed by atoms with E-state index in [0.29, 0.717) is 6.04 Å². The van der Waals surface area contributed by atoms with E-state index in [9.17, 15) is 4.79 Å². The number of rotatable bonds is 12. The molecule has 1 rings (SSSR count). The van der Waals surface area contributed by atoms with Crippen molar-refractivity contribution in [3.8, 4) is 0 Å². The molecule has 0 heterocycles. The van der Waals surface area contributed by atoms with Crippen LogP contribution in [0, 0.1) is 0 Å². The van der Waals surface area contributed by atoms with Crippen LogP contribution in [0.15, 0.2) is 4.99 Å². The molecule has 5 nitrogen and oxygen atoms in total. The number of carbonyl (C=O) groups is 1. The van der Waals surface area contributed by atoms with Crippen LogP contribution in [0.5, 0.6) is 0 Å². The van der Waals surface area contributed by atoms with Crippen LogP contribution in [0.4, 0.5) is 0 Å². The summed E-state index contributed by atoms with van der Waals surface area (Å²) >= 11 is 0. The quantitative estimate of drug-likeness (QED) is 0.295. The number of nitrogens with one attached hydrogen (secondary N) is 3. The molecule has 0 aromatic heterocycles. The zero-order valence-corrected chi connectivity index (χ0v) is 14.4. The van der Waals surface area contributed by atoms with Crippen LogP contribution in [0.25, 0.3) is 0 Å². The van der Waals surface area contributed by atoms with Crippen LogP contribution in [-0.4, -0.2) is 37.5 Å². The van der Waals surface area contributed by atoms with Crippen molar-refractivity contribution in [1.82, 2.24) is 16.0 Å². The van der Waals surface area contributed by atoms with Crippen LogP contribution < -0.4 is 16.0 Å². The van der Waals surface area contributed by atoms with Gasteiger partial charge in [0, 0.05) is 19.1 Å². The Bertz CT molecular complexity index is 327. The second-order valence-corrected chi connectivity index (χ2v) is 6.09. The number of nitrogens with zero attached hydrogens (tertiary/aromatic N) is 1. The maximum absolute atomic E-state index is 11.6. The summed E-state index contributed by atoms with van der Waals surface area (Å²) in [7, 11) is 0. The lowest BCUT2D eigenvalue weighted by Gasteiger charge is -2.11. The van der Waals surface area contributed by atoms with Crippen molar-refractivity contribution in [2.45, 2.75) is 77.7 Å². The van der Waals surface area contributed by atoms with E-state index in [2.05, 4.69) is 27.9 Å². The van der Waals surface area contributed by atoms with E-state index >= 15 is 0 Å². The average molecular weight is 310 g/mol. The van der Waals surface area contributed by atoms with Crippen molar-refractivity contribution in [3.05, 3.63) is 0 Å². The SMILES string of the molecule is CCCCCCCCCNC(=NCC(=O)NC1CC1)NCC. The maximum Gasteiger partial charge on any atom is 0.242 e. The summed E-state index contributed by atoms with van der Waals surface area (Å²) in [5, 5.41) is 9.44. The Hall–Kier alpha value is -1.26. The molecule has 1 saturated carbocycles. The number of unbranched alkanes of at least 4 members (excludes halogenated alkanes) is 6. The Kier molecular flexibility index (Phi) is 10.5. The minimum Gasteiger partial charge on any atom is -0.357 e. The van der Waals surface area contributed by atoms with Crippen molar-refractivity contribution >= 4 is 11.9 Å². The van der Waals surface area contributed by atoms with Gasteiger partial charge < -0.3 is 16.0 Å². The molecule has 0 saturated heterocycles. The average Bonchev–Trinajstić information content (AvgIpc) is 3.31. The topological polar surface area (TPSA) is 65.5 Å². The van der Waals surface area contributed by atoms with Gasteiger partial charge in [-0.2, -0.15) is 0 Å². The molecule has 0 bridgehead atoms. The van der Waals surface area contributed by atoms with E-state index in [-0.39, 0.29) is 12.5 Å². The molecule has 0 radical (unpaired) electrons. The first-order valence-electron chi connectivity index (χ1n) is 9.07. The zero-order valence-electron chi connectivity index (χ0n) is 14.4. The summed E-state index contributed by atoms with van der Waals surface area (Å²) in [6.07, 6.45) is 11.4. The second kappa shape index (κ2) is 12.3. The van der Waals surface area contributed by atoms with E-state index in [1.165, 1.54) is 38.5 Å². The van der Waals surface area contributed by atoms with Crippen molar-refractivity contribution in [2.75, 3.05) is 19.6 Å². The summed E-state index contributed by atoms with van der Waals surface area (Å²) in [6.45, 7) is 6.23. The summed E-state index contributed by atoms with van der Waals surface area (Å²) < 4.78 is 0. The lowest BCUT2D eigenvalue weighted by Crippen LogP contribution is -2.39. The number of aliphatic imine (C=N–C) groups is 1. The lowest BCUT2D eigenvalue weighted by atomic mass is 10.1. The van der Waals surface area contributed by atoms with E-state index in [0.717, 1.165) is 38.3 Å². The molecule has 3 N–H and O–H groups in total. The van der Waals surface area contributed by atoms with Crippen molar-refractivity contribution in [3.63, 3.8) is 0 Å². The summed E-state index contributed by atoms with van der Waals surface area (Å²) in [5.74, 6) is 0.773. The summed E-state index contributed by atoms with van der Waals surface area (Å²) in [6, 6.07) is 0.408. The number of amides is 1. The minimum atomic E-state index is 0.0237. The first-order valence-corrected chi connectivity index (χ1v) is 9.07. The molecule has 5 heteroatoms. The van der Waals surface area contributed by atoms with Gasteiger partial charge in [0.05, 0.1) is 0 Å². The first-order chi connectivity index (χ1) is 10.8. The Morgan fingerprint density at radius 1 is 1.00 bits per heavy atom. The highest BCUT2D eigenvalue weighted by Gasteiger charge is 2.22. The molecule has 1 aliphatic carbocycles. The molecule has 0 aromatic rings. The molecule has 1 amide bonds. The lowest BCUT2D eigenvalue weighted by molar-refractivity contribution is -0.119. The van der Waals surface area contributed by atoms with Gasteiger partial charge in [0.2, 0.25) is 5.91 Å². The largest absolute Gasteiger partial charge is 0.357 e. The molecule has 1 fully saturated rings. The maximum atomic E-state index is 11.6. The van der Waals surface area contributed by atoms with E-state index in [1.807, 2.05) is 6.92 Å². The third kappa shape index (κ3) is 10.5. The molecule has 0 aromatic carbocycles. The molecule has 0 spiro atoms. The van der Waals surface area contributed by atoms with Gasteiger partial charge in [0.15, 0.2) is 5.96 Å². The highest BCUT2D eigenvalue weighted by molar-refractivity contribution is 5.85. The molecule has 1 aliphatic rings. The molecule has 0 unspecified atom stereocenters. The van der Waals surface area contributed by atoms with Crippen LogP contribution >= 0.6 is 0 Å². The fraction of sp³-hybridized carbons (Fsp3) is 0.882. The number of guanidine groups is 1. The van der Waals surface area contributed by atoms with Gasteiger partial charge >= 0.3 is 0 Å². The molecule has 22 heavy (non-hydrogen) atoms. The van der Waals surface area contributed by atoms with Crippen LogP contribution in [0.2, 0.25) is 0 Å². The highest BCUT2D eigenvalue weighted by Crippen LogP contribution is 2.18. The van der Waals surface area contributed by atoms with Crippen LogP contribution in [0.3, 0.4) is 0 Å². The van der Waals surface area contributed by atoms with E-state index < -0.39 is 0 Å². The fourth-order valence-corrected chi connectivity index (χ4v) is 2.28. The normalized spacial score (nSPS) is 14.7.